The molecule has 0 saturated carbocycles. The molecule has 6 nitrogen and oxygen atoms in total. The van der Waals surface area contributed by atoms with Crippen molar-refractivity contribution in [2.24, 2.45) is 0 Å². The Hall–Kier alpha value is -2.29. The van der Waals surface area contributed by atoms with Crippen LogP contribution in [0.5, 0.6) is 0 Å². The number of nitrogens with zero attached hydrogens (tertiary/aromatic N) is 3. The molecule has 1 aliphatic heterocycles. The molecule has 0 spiro atoms. The van der Waals surface area contributed by atoms with Gasteiger partial charge in [0.25, 0.3) is 0 Å². The predicted molar refractivity (Wildman–Crippen MR) is 112 cm³/mol. The minimum Gasteiger partial charge on any atom is -0.357 e. The molecule has 146 valence electrons. The maximum Gasteiger partial charge on any atom is 0.243 e. The fourth-order valence-corrected chi connectivity index (χ4v) is 5.22. The van der Waals surface area contributed by atoms with Gasteiger partial charge in [-0.2, -0.15) is 0 Å². The van der Waals surface area contributed by atoms with Crippen LogP contribution in [0.2, 0.25) is 0 Å². The van der Waals surface area contributed by atoms with Crippen LogP contribution < -0.4 is 5.32 Å². The highest BCUT2D eigenvalue weighted by Gasteiger charge is 2.35. The van der Waals surface area contributed by atoms with Crippen molar-refractivity contribution in [2.75, 3.05) is 26.7 Å². The summed E-state index contributed by atoms with van der Waals surface area (Å²) < 4.78 is 1.17. The Balaban J connectivity index is 1.46. The van der Waals surface area contributed by atoms with E-state index in [1.165, 1.54) is 4.70 Å². The lowest BCUT2D eigenvalue weighted by molar-refractivity contribution is -0.143. The zero-order chi connectivity index (χ0) is 19.5. The first-order valence-corrected chi connectivity index (χ1v) is 10.9. The van der Waals surface area contributed by atoms with Gasteiger partial charge in [-0.05, 0) is 23.6 Å². The second-order valence-electron chi connectivity index (χ2n) is 6.78. The zero-order valence-electron chi connectivity index (χ0n) is 15.6. The van der Waals surface area contributed by atoms with Gasteiger partial charge in [0.05, 0.1) is 23.2 Å². The van der Waals surface area contributed by atoms with Crippen molar-refractivity contribution in [2.45, 2.75) is 19.0 Å². The number of likely N-dealkylation sites (N-methyl/N-ethyl adjacent to an activating group) is 1. The molecule has 2 amide bonds. The van der Waals surface area contributed by atoms with Gasteiger partial charge in [-0.15, -0.1) is 22.7 Å². The number of fused-ring (bicyclic) bond motifs is 1. The van der Waals surface area contributed by atoms with Crippen molar-refractivity contribution in [3.63, 3.8) is 0 Å². The second-order valence-corrected chi connectivity index (χ2v) is 8.93. The Morgan fingerprint density at radius 1 is 1.21 bits per heavy atom. The second kappa shape index (κ2) is 8.38. The molecule has 1 unspecified atom stereocenters. The molecule has 28 heavy (non-hydrogen) atoms. The van der Waals surface area contributed by atoms with Crippen LogP contribution in [-0.2, 0) is 22.6 Å². The maximum absolute atomic E-state index is 12.8. The van der Waals surface area contributed by atoms with E-state index in [1.54, 1.807) is 34.6 Å². The Kier molecular flexibility index (Phi) is 5.70. The molecule has 3 aromatic rings. The van der Waals surface area contributed by atoms with Crippen molar-refractivity contribution >= 4 is 44.7 Å². The zero-order valence-corrected chi connectivity index (χ0v) is 17.3. The van der Waals surface area contributed by atoms with Crippen LogP contribution in [0.25, 0.3) is 10.2 Å². The van der Waals surface area contributed by atoms with Crippen LogP contribution in [0.1, 0.15) is 9.88 Å². The van der Waals surface area contributed by atoms with Crippen molar-refractivity contribution in [3.8, 4) is 0 Å². The van der Waals surface area contributed by atoms with Crippen molar-refractivity contribution in [1.29, 1.82) is 0 Å². The van der Waals surface area contributed by atoms with E-state index >= 15 is 0 Å². The largest absolute Gasteiger partial charge is 0.357 e. The highest BCUT2D eigenvalue weighted by molar-refractivity contribution is 7.18. The lowest BCUT2D eigenvalue weighted by Gasteiger charge is -2.40. The number of carbonyl (C=O) groups excluding carboxylic acids is 2. The van der Waals surface area contributed by atoms with E-state index in [9.17, 15) is 9.59 Å². The highest BCUT2D eigenvalue weighted by atomic mass is 32.1. The topological polar surface area (TPSA) is 65.5 Å². The molecule has 4 rings (SSSR count). The Labute approximate surface area is 171 Å². The standard InChI is InChI=1S/C20H22N4O2S2/c1-21-20(26)16-12-23(13-18-22-15-6-2-3-7-17(15)28-18)8-9-24(16)19(25)11-14-5-4-10-27-14/h2-7,10,16H,8-9,11-13H2,1H3,(H,21,26). The highest BCUT2D eigenvalue weighted by Crippen LogP contribution is 2.24. The minimum absolute atomic E-state index is 0.00990. The summed E-state index contributed by atoms with van der Waals surface area (Å²) in [7, 11) is 1.62. The molecule has 1 aromatic carbocycles. The Morgan fingerprint density at radius 2 is 2.07 bits per heavy atom. The van der Waals surface area contributed by atoms with Crippen LogP contribution in [-0.4, -0.2) is 59.3 Å². The van der Waals surface area contributed by atoms with Crippen molar-refractivity contribution < 1.29 is 9.59 Å². The van der Waals surface area contributed by atoms with Crippen LogP contribution >= 0.6 is 22.7 Å². The lowest BCUT2D eigenvalue weighted by Crippen LogP contribution is -2.60. The van der Waals surface area contributed by atoms with E-state index in [0.29, 0.717) is 26.1 Å². The first-order chi connectivity index (χ1) is 13.6. The molecule has 0 radical (unpaired) electrons. The maximum atomic E-state index is 12.8. The van der Waals surface area contributed by atoms with Gasteiger partial charge in [0.1, 0.15) is 11.0 Å². The van der Waals surface area contributed by atoms with Gasteiger partial charge in [-0.1, -0.05) is 18.2 Å². The van der Waals surface area contributed by atoms with Gasteiger partial charge in [-0.25, -0.2) is 4.98 Å². The Morgan fingerprint density at radius 3 is 2.82 bits per heavy atom. The number of hydrogen-bond acceptors (Lipinski definition) is 6. The van der Waals surface area contributed by atoms with Gasteiger partial charge in [-0.3, -0.25) is 14.5 Å². The predicted octanol–water partition coefficient (Wildman–Crippen LogP) is 2.36. The smallest absolute Gasteiger partial charge is 0.243 e. The third-order valence-electron chi connectivity index (χ3n) is 4.94. The number of hydrogen-bond donors (Lipinski definition) is 1. The summed E-state index contributed by atoms with van der Waals surface area (Å²) in [5, 5.41) is 5.72. The van der Waals surface area contributed by atoms with Crippen molar-refractivity contribution in [1.82, 2.24) is 20.1 Å². The molecule has 1 N–H and O–H groups in total. The van der Waals surface area contributed by atoms with Crippen LogP contribution in [0.4, 0.5) is 0 Å². The molecule has 2 aromatic heterocycles. The van der Waals surface area contributed by atoms with Gasteiger partial charge in [0.2, 0.25) is 11.8 Å². The number of amides is 2. The molecule has 0 aliphatic carbocycles. The molecule has 1 aliphatic rings. The summed E-state index contributed by atoms with van der Waals surface area (Å²) in [6.45, 7) is 2.50. The van der Waals surface area contributed by atoms with Crippen molar-refractivity contribution in [3.05, 3.63) is 51.7 Å². The third-order valence-corrected chi connectivity index (χ3v) is 6.83. The fourth-order valence-electron chi connectivity index (χ4n) is 3.52. The van der Waals surface area contributed by atoms with Gasteiger partial charge < -0.3 is 10.2 Å². The minimum atomic E-state index is -0.472. The Bertz CT molecular complexity index is 937. The number of benzene rings is 1. The number of piperazine rings is 1. The van der Waals surface area contributed by atoms with Gasteiger partial charge >= 0.3 is 0 Å². The number of nitrogens with one attached hydrogen (secondary N) is 1. The summed E-state index contributed by atoms with van der Waals surface area (Å²) >= 11 is 3.25. The van der Waals surface area contributed by atoms with Crippen LogP contribution in [0.3, 0.4) is 0 Å². The summed E-state index contributed by atoms with van der Waals surface area (Å²) in [5.74, 6) is -0.107. The number of para-hydroxylation sites is 1. The molecule has 3 heterocycles. The molecular weight excluding hydrogens is 392 g/mol. The number of carbonyl (C=O) groups is 2. The molecule has 8 heteroatoms. The van der Waals surface area contributed by atoms with E-state index in [0.717, 1.165) is 21.9 Å². The lowest BCUT2D eigenvalue weighted by atomic mass is 10.1. The van der Waals surface area contributed by atoms with E-state index in [2.05, 4.69) is 16.3 Å². The summed E-state index contributed by atoms with van der Waals surface area (Å²) in [6.07, 6.45) is 0.350. The summed E-state index contributed by atoms with van der Waals surface area (Å²) in [5.41, 5.74) is 1.01. The number of thiophene rings is 1. The third kappa shape index (κ3) is 4.09. The first-order valence-electron chi connectivity index (χ1n) is 9.24. The summed E-state index contributed by atoms with van der Waals surface area (Å²) in [4.78, 5) is 35.0. The molecule has 1 fully saturated rings. The average Bonchev–Trinajstić information content (AvgIpc) is 3.36. The molecule has 1 saturated heterocycles. The average molecular weight is 415 g/mol. The quantitative estimate of drug-likeness (QED) is 0.696. The molecule has 0 bridgehead atoms. The monoisotopic (exact) mass is 414 g/mol. The SMILES string of the molecule is CNC(=O)C1CN(Cc2nc3ccccc3s2)CCN1C(=O)Cc1cccs1. The van der Waals surface area contributed by atoms with E-state index < -0.39 is 6.04 Å². The van der Waals surface area contributed by atoms with Crippen LogP contribution in [0, 0.1) is 0 Å². The van der Waals surface area contributed by atoms with Crippen LogP contribution in [0.15, 0.2) is 41.8 Å². The first kappa shape index (κ1) is 19.0. The molecular formula is C20H22N4O2S2. The number of rotatable bonds is 5. The van der Waals surface area contributed by atoms with E-state index in [-0.39, 0.29) is 11.8 Å². The van der Waals surface area contributed by atoms with Gasteiger partial charge in [0, 0.05) is 31.6 Å². The van der Waals surface area contributed by atoms with E-state index in [1.807, 2.05) is 35.7 Å². The number of thiazole rings is 1. The normalized spacial score (nSPS) is 17.8. The fraction of sp³-hybridized carbons (Fsp3) is 0.350. The molecule has 1 atom stereocenters. The summed E-state index contributed by atoms with van der Waals surface area (Å²) in [6, 6.07) is 11.5. The van der Waals surface area contributed by atoms with E-state index in [4.69, 9.17) is 4.98 Å². The number of aromatic nitrogens is 1. The van der Waals surface area contributed by atoms with Gasteiger partial charge in [0.15, 0.2) is 0 Å².